The van der Waals surface area contributed by atoms with Gasteiger partial charge in [0.25, 0.3) is 0 Å². The number of amides is 6. The Balaban J connectivity index is 1.70. The van der Waals surface area contributed by atoms with E-state index in [1.807, 2.05) is 25.6 Å². The van der Waals surface area contributed by atoms with Gasteiger partial charge in [0.15, 0.2) is 9.84 Å². The highest BCUT2D eigenvalue weighted by molar-refractivity contribution is 8.00. The molecule has 0 saturated carbocycles. The molecule has 13 nitrogen and oxygen atoms in total. The molecule has 0 aromatic heterocycles. The second kappa shape index (κ2) is 37.1. The van der Waals surface area contributed by atoms with Crippen molar-refractivity contribution >= 4 is 51.3 Å². The van der Waals surface area contributed by atoms with E-state index in [1.54, 1.807) is 0 Å². The molecule has 6 amide bonds. The lowest BCUT2D eigenvalue weighted by Crippen LogP contribution is -2.47. The Morgan fingerprint density at radius 1 is 0.687 bits per heavy atom. The number of hydrogen-bond acceptors (Lipinski definition) is 8. The lowest BCUT2D eigenvalue weighted by Gasteiger charge is -2.19. The Labute approximate surface area is 409 Å². The van der Waals surface area contributed by atoms with E-state index in [-0.39, 0.29) is 53.7 Å². The van der Waals surface area contributed by atoms with Crippen LogP contribution in [0.3, 0.4) is 0 Å². The van der Waals surface area contributed by atoms with Crippen LogP contribution in [0.1, 0.15) is 175 Å². The predicted molar refractivity (Wildman–Crippen MR) is 277 cm³/mol. The zero-order valence-corrected chi connectivity index (χ0v) is 43.1. The van der Waals surface area contributed by atoms with E-state index in [0.29, 0.717) is 76.1 Å². The number of carbonyl (C=O) groups is 5. The molecule has 2 heterocycles. The molecule has 15 heteroatoms. The highest BCUT2D eigenvalue weighted by Crippen LogP contribution is 2.33. The third kappa shape index (κ3) is 31.8. The molecule has 0 radical (unpaired) electrons. The summed E-state index contributed by atoms with van der Waals surface area (Å²) in [6, 6.07) is -0.745. The van der Waals surface area contributed by atoms with Gasteiger partial charge in [0.1, 0.15) is 6.04 Å². The van der Waals surface area contributed by atoms with Crippen LogP contribution in [0, 0.1) is 5.92 Å². The van der Waals surface area contributed by atoms with Crippen LogP contribution in [0.15, 0.2) is 60.1 Å². The van der Waals surface area contributed by atoms with Crippen LogP contribution in [0.5, 0.6) is 0 Å². The molecule has 67 heavy (non-hydrogen) atoms. The van der Waals surface area contributed by atoms with Crippen molar-refractivity contribution < 1.29 is 32.4 Å². The first-order chi connectivity index (χ1) is 32.3. The van der Waals surface area contributed by atoms with Crippen LogP contribution < -0.4 is 31.9 Å². The molecule has 0 bridgehead atoms. The van der Waals surface area contributed by atoms with Gasteiger partial charge in [0.05, 0.1) is 12.1 Å². The number of carbonyl (C=O) groups excluding carboxylic acids is 5. The molecular weight excluding hydrogens is 885 g/mol. The van der Waals surface area contributed by atoms with Gasteiger partial charge in [-0.25, -0.2) is 13.2 Å². The minimum absolute atomic E-state index is 0.00907. The van der Waals surface area contributed by atoms with Gasteiger partial charge in [0.2, 0.25) is 23.6 Å². The average Bonchev–Trinajstić information content (AvgIpc) is 3.84. The summed E-state index contributed by atoms with van der Waals surface area (Å²) in [7, 11) is -3.29. The van der Waals surface area contributed by atoms with E-state index in [4.69, 9.17) is 0 Å². The lowest BCUT2D eigenvalue weighted by molar-refractivity contribution is -0.129. The maximum atomic E-state index is 13.3. The maximum absolute atomic E-state index is 13.3. The monoisotopic (exact) mass is 973 g/mol. The normalized spacial score (nSPS) is 18.3. The summed E-state index contributed by atoms with van der Waals surface area (Å²) in [5.74, 6) is 0.695. The fourth-order valence-electron chi connectivity index (χ4n) is 8.02. The molecular formula is C52H88N6O7S2. The van der Waals surface area contributed by atoms with Crippen LogP contribution in [0.2, 0.25) is 0 Å². The molecule has 2 rings (SSSR count). The van der Waals surface area contributed by atoms with Gasteiger partial charge in [-0.15, -0.1) is 0 Å². The van der Waals surface area contributed by atoms with Crippen LogP contribution in [-0.2, 0) is 29.0 Å². The van der Waals surface area contributed by atoms with E-state index in [1.165, 1.54) is 31.8 Å². The zero-order valence-electron chi connectivity index (χ0n) is 41.5. The largest absolute Gasteiger partial charge is 0.356 e. The number of thioether (sulfide) groups is 1. The summed E-state index contributed by atoms with van der Waals surface area (Å²) in [6.07, 6.45) is 40.1. The van der Waals surface area contributed by atoms with E-state index in [9.17, 15) is 32.4 Å². The van der Waals surface area contributed by atoms with Gasteiger partial charge in [-0.2, -0.15) is 11.8 Å². The smallest absolute Gasteiger partial charge is 0.315 e. The Bertz CT molecular complexity index is 1700. The number of allylic oxidation sites excluding steroid dienone is 8. The van der Waals surface area contributed by atoms with Crippen molar-refractivity contribution in [2.75, 3.05) is 25.1 Å². The molecule has 6 N–H and O–H groups in total. The number of unbranched alkanes of at least 4 members (excludes halogenated alkanes) is 10. The minimum Gasteiger partial charge on any atom is -0.356 e. The molecule has 2 aliphatic heterocycles. The van der Waals surface area contributed by atoms with Gasteiger partial charge in [-0.05, 0) is 109 Å². The molecule has 5 atom stereocenters. The summed E-state index contributed by atoms with van der Waals surface area (Å²) in [4.78, 5) is 63.2. The van der Waals surface area contributed by atoms with Crippen molar-refractivity contribution in [1.29, 1.82) is 0 Å². The standard InChI is InChI=1S/C52H88N6O7S2/c1-5-6-7-8-9-10-11-12-13-14-15-16-17-18-19-20-21-22-24-35-49(61)56-44(31-28-30-37-53-47(59)33-27-26-32-46-50-45(41-66-46)57-52(63)58-50)51(62)54-38-29-23-25-34-48(60)55-43(40-42(2)3)36-39-67(4,64)65/h9-10,12-13,15-16,18-19,36,39,42-46,50H,5-8,11,14,17,20-35,37-38,40-41H2,1-4H3,(H,53,59)(H,54,62)(H,55,60)(H,56,61)(H2,57,58,63)/b10-9-,13-12-,16-15-,19-18-,39-36+/t43-,44+,45+,46+,50+/m1/s1. The molecule has 0 aromatic rings. The molecule has 0 aromatic carbocycles. The Morgan fingerprint density at radius 2 is 1.25 bits per heavy atom. The molecule has 2 saturated heterocycles. The van der Waals surface area contributed by atoms with E-state index >= 15 is 0 Å². The molecule has 2 fully saturated rings. The first kappa shape index (κ1) is 59.3. The zero-order chi connectivity index (χ0) is 49.0. The molecule has 0 unspecified atom stereocenters. The first-order valence-electron chi connectivity index (χ1n) is 25.6. The SMILES string of the molecule is CCCCC/C=C\C/C=C\C/C=C\C/C=C\CCCCCC(=O)N[C@@H](CCCCNC(=O)CCCC[C@@H]1SC[C@@H]2NC(=O)N[C@@H]21)C(=O)NCCCCCC(=O)N[C@H](/C=C/S(C)(=O)=O)CC(C)C. The summed E-state index contributed by atoms with van der Waals surface area (Å²) in [5.41, 5.74) is 0. The third-order valence-corrected chi connectivity index (χ3v) is 13.9. The van der Waals surface area contributed by atoms with Gasteiger partial charge < -0.3 is 31.9 Å². The van der Waals surface area contributed by atoms with Gasteiger partial charge >= 0.3 is 6.03 Å². The Kier molecular flexibility index (Phi) is 32.8. The summed E-state index contributed by atoms with van der Waals surface area (Å²) >= 11 is 1.88. The van der Waals surface area contributed by atoms with Crippen LogP contribution in [0.4, 0.5) is 4.79 Å². The van der Waals surface area contributed by atoms with Crippen molar-refractivity contribution in [3.05, 3.63) is 60.1 Å². The predicted octanol–water partition coefficient (Wildman–Crippen LogP) is 9.18. The van der Waals surface area contributed by atoms with Gasteiger partial charge in [0, 0.05) is 61.1 Å². The van der Waals surface area contributed by atoms with E-state index in [2.05, 4.69) is 87.4 Å². The third-order valence-electron chi connectivity index (χ3n) is 11.7. The minimum atomic E-state index is -3.29. The van der Waals surface area contributed by atoms with Crippen LogP contribution in [-0.4, -0.2) is 92.6 Å². The van der Waals surface area contributed by atoms with Crippen molar-refractivity contribution in [3.8, 4) is 0 Å². The van der Waals surface area contributed by atoms with E-state index < -0.39 is 15.9 Å². The fraction of sp³-hybridized carbons (Fsp3) is 0.712. The van der Waals surface area contributed by atoms with Crippen LogP contribution >= 0.6 is 11.8 Å². The number of sulfone groups is 1. The average molecular weight is 973 g/mol. The molecule has 0 aliphatic carbocycles. The second-order valence-electron chi connectivity index (χ2n) is 18.6. The first-order valence-corrected chi connectivity index (χ1v) is 28.6. The molecule has 380 valence electrons. The molecule has 2 aliphatic rings. The number of rotatable bonds is 39. The van der Waals surface area contributed by atoms with Crippen LogP contribution in [0.25, 0.3) is 0 Å². The van der Waals surface area contributed by atoms with Gasteiger partial charge in [-0.3, -0.25) is 19.2 Å². The Hall–Kier alpha value is -3.85. The lowest BCUT2D eigenvalue weighted by atomic mass is 10.0. The highest BCUT2D eigenvalue weighted by Gasteiger charge is 2.42. The van der Waals surface area contributed by atoms with Gasteiger partial charge in [-0.1, -0.05) is 108 Å². The number of nitrogens with one attached hydrogen (secondary N) is 6. The van der Waals surface area contributed by atoms with Crippen molar-refractivity contribution in [2.24, 2.45) is 5.92 Å². The summed E-state index contributed by atoms with van der Waals surface area (Å²) < 4.78 is 23.2. The number of urea groups is 1. The van der Waals surface area contributed by atoms with Crippen molar-refractivity contribution in [1.82, 2.24) is 31.9 Å². The molecule has 0 spiro atoms. The maximum Gasteiger partial charge on any atom is 0.315 e. The quantitative estimate of drug-likeness (QED) is 0.0200. The summed E-state index contributed by atoms with van der Waals surface area (Å²) in [5, 5.41) is 19.4. The second-order valence-corrected chi connectivity index (χ2v) is 21.8. The van der Waals surface area contributed by atoms with Crippen molar-refractivity contribution in [3.63, 3.8) is 0 Å². The summed E-state index contributed by atoms with van der Waals surface area (Å²) in [6.45, 7) is 7.18. The highest BCUT2D eigenvalue weighted by atomic mass is 32.2. The van der Waals surface area contributed by atoms with Crippen molar-refractivity contribution in [2.45, 2.75) is 204 Å². The van der Waals surface area contributed by atoms with E-state index in [0.717, 1.165) is 88.0 Å². The fourth-order valence-corrected chi connectivity index (χ4v) is 10.0. The topological polar surface area (TPSA) is 192 Å². The number of hydrogen-bond donors (Lipinski definition) is 6. The number of fused-ring (bicyclic) bond motifs is 1. The Morgan fingerprint density at radius 3 is 1.90 bits per heavy atom.